The normalized spacial score (nSPS) is 14.7. The van der Waals surface area contributed by atoms with Gasteiger partial charge in [-0.1, -0.05) is 23.7 Å². The van der Waals surface area contributed by atoms with E-state index in [2.05, 4.69) is 6.58 Å². The Morgan fingerprint density at radius 1 is 1.22 bits per heavy atom. The monoisotopic (exact) mass is 380 g/mol. The highest BCUT2D eigenvalue weighted by atomic mass is 35.5. The zero-order valence-corrected chi connectivity index (χ0v) is 15.5. The molecule has 0 unspecified atom stereocenters. The van der Waals surface area contributed by atoms with Crippen molar-refractivity contribution in [3.63, 3.8) is 0 Å². The molecule has 0 atom stereocenters. The molecule has 0 fully saturated rings. The Kier molecular flexibility index (Phi) is 5.57. The number of allylic oxidation sites excluding steroid dienone is 1. The molecule has 0 aliphatic carbocycles. The second kappa shape index (κ2) is 8.06. The van der Waals surface area contributed by atoms with Crippen molar-refractivity contribution in [1.82, 2.24) is 0 Å². The van der Waals surface area contributed by atoms with Crippen molar-refractivity contribution in [3.05, 3.63) is 88.5 Å². The molecule has 4 nitrogen and oxygen atoms in total. The summed E-state index contributed by atoms with van der Waals surface area (Å²) in [7, 11) is 0. The molecule has 5 heteroatoms. The van der Waals surface area contributed by atoms with Crippen LogP contribution in [-0.4, -0.2) is 11.9 Å². The Labute approximate surface area is 162 Å². The number of halogens is 1. The fourth-order valence-electron chi connectivity index (χ4n) is 2.68. The number of cyclic esters (lactones) is 1. The lowest BCUT2D eigenvalue weighted by molar-refractivity contribution is -0.132. The van der Waals surface area contributed by atoms with E-state index in [-0.39, 0.29) is 5.97 Å². The van der Waals surface area contributed by atoms with Gasteiger partial charge in [-0.25, -0.2) is 4.79 Å². The third-order valence-corrected chi connectivity index (χ3v) is 4.13. The lowest BCUT2D eigenvalue weighted by Gasteiger charge is -2.08. The molecule has 0 N–H and O–H groups in total. The second-order valence-corrected chi connectivity index (χ2v) is 6.39. The van der Waals surface area contributed by atoms with Crippen molar-refractivity contribution in [2.45, 2.75) is 13.3 Å². The molecule has 0 saturated carbocycles. The van der Waals surface area contributed by atoms with E-state index in [1.54, 1.807) is 54.6 Å². The summed E-state index contributed by atoms with van der Waals surface area (Å²) in [6.07, 6.45) is 5.69. The summed E-state index contributed by atoms with van der Waals surface area (Å²) in [6, 6.07) is 12.4. The summed E-state index contributed by atoms with van der Waals surface area (Å²) in [6.45, 7) is 5.07. The van der Waals surface area contributed by atoms with Gasteiger partial charge in [-0.05, 0) is 66.1 Å². The minimum atomic E-state index is -0.422. The average molecular weight is 381 g/mol. The topological polar surface area (TPSA) is 52.6 Å². The van der Waals surface area contributed by atoms with Crippen LogP contribution in [0.15, 0.2) is 66.8 Å². The maximum absolute atomic E-state index is 12.2. The van der Waals surface area contributed by atoms with Crippen molar-refractivity contribution in [1.29, 1.82) is 0 Å². The lowest BCUT2D eigenvalue weighted by atomic mass is 10.0. The smallest absolute Gasteiger partial charge is 0.343 e. The highest BCUT2D eigenvalue weighted by Crippen LogP contribution is 2.29. The predicted octanol–water partition coefficient (Wildman–Crippen LogP) is 4.98. The Morgan fingerprint density at radius 2 is 1.96 bits per heavy atom. The van der Waals surface area contributed by atoms with Crippen molar-refractivity contribution in [3.8, 4) is 5.75 Å². The third kappa shape index (κ3) is 4.54. The van der Waals surface area contributed by atoms with Gasteiger partial charge in [0.2, 0.25) is 0 Å². The average Bonchev–Trinajstić information content (AvgIpc) is 2.98. The van der Waals surface area contributed by atoms with Crippen molar-refractivity contribution in [2.75, 3.05) is 0 Å². The molecule has 0 amide bonds. The van der Waals surface area contributed by atoms with Crippen LogP contribution >= 0.6 is 11.6 Å². The van der Waals surface area contributed by atoms with Crippen LogP contribution in [0.5, 0.6) is 5.75 Å². The standard InChI is InChI=1S/C22H17ClO4/c1-3-4-17-11-15(5-10-20(17)26-14(2)24)12-18-13-21(27-22(18)25)16-6-8-19(23)9-7-16/h3,5-13H,1,4H2,2H3/b18-12+. The lowest BCUT2D eigenvalue weighted by Crippen LogP contribution is -2.04. The zero-order chi connectivity index (χ0) is 19.4. The minimum absolute atomic E-state index is 0.388. The second-order valence-electron chi connectivity index (χ2n) is 5.96. The predicted molar refractivity (Wildman–Crippen MR) is 105 cm³/mol. The van der Waals surface area contributed by atoms with Crippen LogP contribution in [0, 0.1) is 0 Å². The molecule has 0 spiro atoms. The summed E-state index contributed by atoms with van der Waals surface area (Å²) >= 11 is 5.89. The first-order valence-electron chi connectivity index (χ1n) is 8.30. The van der Waals surface area contributed by atoms with Gasteiger partial charge in [-0.2, -0.15) is 0 Å². The summed E-state index contributed by atoms with van der Waals surface area (Å²) in [5, 5.41) is 0.613. The fraction of sp³-hybridized carbons (Fsp3) is 0.0909. The number of rotatable bonds is 5. The number of hydrogen-bond acceptors (Lipinski definition) is 4. The van der Waals surface area contributed by atoms with Gasteiger partial charge in [-0.3, -0.25) is 4.79 Å². The molecule has 3 rings (SSSR count). The van der Waals surface area contributed by atoms with Crippen molar-refractivity contribution < 1.29 is 19.1 Å². The van der Waals surface area contributed by atoms with Crippen LogP contribution < -0.4 is 4.74 Å². The molecule has 0 aromatic heterocycles. The van der Waals surface area contributed by atoms with E-state index in [4.69, 9.17) is 21.1 Å². The van der Waals surface area contributed by atoms with Crippen LogP contribution in [-0.2, 0) is 20.7 Å². The van der Waals surface area contributed by atoms with E-state index in [0.29, 0.717) is 28.5 Å². The zero-order valence-electron chi connectivity index (χ0n) is 14.7. The van der Waals surface area contributed by atoms with Gasteiger partial charge in [-0.15, -0.1) is 6.58 Å². The summed E-state index contributed by atoms with van der Waals surface area (Å²) < 4.78 is 10.6. The van der Waals surface area contributed by atoms with Gasteiger partial charge >= 0.3 is 11.9 Å². The Morgan fingerprint density at radius 3 is 2.63 bits per heavy atom. The minimum Gasteiger partial charge on any atom is -0.426 e. The van der Waals surface area contributed by atoms with Crippen LogP contribution in [0.3, 0.4) is 0 Å². The molecule has 27 heavy (non-hydrogen) atoms. The molecule has 1 aliphatic heterocycles. The highest BCUT2D eigenvalue weighted by Gasteiger charge is 2.22. The summed E-state index contributed by atoms with van der Waals surface area (Å²) in [5.74, 6) is 0.150. The van der Waals surface area contributed by atoms with Gasteiger partial charge in [0.25, 0.3) is 0 Å². The first kappa shape index (κ1) is 18.7. The van der Waals surface area contributed by atoms with Gasteiger partial charge in [0.05, 0.1) is 5.57 Å². The Balaban J connectivity index is 1.92. The number of hydrogen-bond donors (Lipinski definition) is 0. The number of esters is 2. The van der Waals surface area contributed by atoms with E-state index >= 15 is 0 Å². The van der Waals surface area contributed by atoms with E-state index < -0.39 is 5.97 Å². The highest BCUT2D eigenvalue weighted by molar-refractivity contribution is 6.30. The molecule has 0 radical (unpaired) electrons. The molecule has 0 bridgehead atoms. The van der Waals surface area contributed by atoms with Crippen LogP contribution in [0.25, 0.3) is 11.8 Å². The van der Waals surface area contributed by atoms with E-state index in [0.717, 1.165) is 16.7 Å². The quantitative estimate of drug-likeness (QED) is 0.318. The maximum atomic E-state index is 12.2. The number of carbonyl (C=O) groups excluding carboxylic acids is 2. The Hall–Kier alpha value is -3.11. The first-order valence-corrected chi connectivity index (χ1v) is 8.68. The molecular weight excluding hydrogens is 364 g/mol. The molecule has 136 valence electrons. The number of carbonyl (C=O) groups is 2. The van der Waals surface area contributed by atoms with Crippen LogP contribution in [0.4, 0.5) is 0 Å². The van der Waals surface area contributed by atoms with E-state index in [9.17, 15) is 9.59 Å². The van der Waals surface area contributed by atoms with Crippen LogP contribution in [0.2, 0.25) is 5.02 Å². The molecule has 0 saturated heterocycles. The molecule has 2 aromatic rings. The van der Waals surface area contributed by atoms with Crippen molar-refractivity contribution in [2.24, 2.45) is 0 Å². The van der Waals surface area contributed by atoms with Gasteiger partial charge in [0.1, 0.15) is 11.5 Å². The summed E-state index contributed by atoms with van der Waals surface area (Å²) in [4.78, 5) is 23.4. The first-order chi connectivity index (χ1) is 13.0. The third-order valence-electron chi connectivity index (χ3n) is 3.88. The van der Waals surface area contributed by atoms with E-state index in [1.165, 1.54) is 6.92 Å². The van der Waals surface area contributed by atoms with Gasteiger partial charge in [0.15, 0.2) is 0 Å². The van der Waals surface area contributed by atoms with E-state index in [1.807, 2.05) is 6.07 Å². The number of benzene rings is 2. The fourth-order valence-corrected chi connectivity index (χ4v) is 2.81. The molecular formula is C22H17ClO4. The number of ether oxygens (including phenoxy) is 2. The van der Waals surface area contributed by atoms with Gasteiger partial charge < -0.3 is 9.47 Å². The Bertz CT molecular complexity index is 968. The van der Waals surface area contributed by atoms with Crippen molar-refractivity contribution >= 4 is 35.4 Å². The maximum Gasteiger partial charge on any atom is 0.343 e. The van der Waals surface area contributed by atoms with Crippen LogP contribution in [0.1, 0.15) is 23.6 Å². The SMILES string of the molecule is C=CCc1cc(/C=C2\C=C(c3ccc(Cl)cc3)OC2=O)ccc1OC(C)=O. The largest absolute Gasteiger partial charge is 0.426 e. The molecule has 2 aromatic carbocycles. The summed E-state index contributed by atoms with van der Waals surface area (Å²) in [5.41, 5.74) is 2.81. The van der Waals surface area contributed by atoms with Gasteiger partial charge in [0, 0.05) is 17.5 Å². The molecule has 1 heterocycles. The molecule has 1 aliphatic rings.